The Balaban J connectivity index is 1.61. The lowest BCUT2D eigenvalue weighted by molar-refractivity contribution is -0.131. The highest BCUT2D eigenvalue weighted by molar-refractivity contribution is 9.10. The fourth-order valence-electron chi connectivity index (χ4n) is 3.23. The van der Waals surface area contributed by atoms with Gasteiger partial charge >= 0.3 is 6.03 Å². The molecule has 0 spiro atoms. The third-order valence-corrected chi connectivity index (χ3v) is 5.40. The third kappa shape index (κ3) is 2.90. The Bertz CT molecular complexity index is 948. The number of imide groups is 1. The van der Waals surface area contributed by atoms with Gasteiger partial charge in [-0.15, -0.1) is 0 Å². The number of halogens is 1. The molecule has 7 nitrogen and oxygen atoms in total. The molecule has 140 valence electrons. The first-order valence-electron chi connectivity index (χ1n) is 8.29. The van der Waals surface area contributed by atoms with Crippen molar-refractivity contribution in [3.05, 3.63) is 52.0 Å². The number of ether oxygens (including phenoxy) is 3. The number of methoxy groups -OCH3 is 1. The van der Waals surface area contributed by atoms with Gasteiger partial charge in [-0.1, -0.05) is 12.1 Å². The van der Waals surface area contributed by atoms with E-state index < -0.39 is 11.6 Å². The smallest absolute Gasteiger partial charge is 0.325 e. The Morgan fingerprint density at radius 2 is 1.96 bits per heavy atom. The molecule has 0 aromatic heterocycles. The van der Waals surface area contributed by atoms with E-state index in [1.54, 1.807) is 38.3 Å². The van der Waals surface area contributed by atoms with Gasteiger partial charge in [0.05, 0.1) is 18.1 Å². The summed E-state index contributed by atoms with van der Waals surface area (Å²) in [5.41, 5.74) is 0.284. The first-order valence-corrected chi connectivity index (χ1v) is 9.08. The minimum absolute atomic E-state index is 0.147. The molecule has 1 N–H and O–H groups in total. The van der Waals surface area contributed by atoms with E-state index in [0.29, 0.717) is 22.8 Å². The van der Waals surface area contributed by atoms with Crippen LogP contribution >= 0.6 is 15.9 Å². The van der Waals surface area contributed by atoms with Crippen LogP contribution in [-0.2, 0) is 16.9 Å². The Labute approximate surface area is 164 Å². The molecular weight excluding hydrogens is 416 g/mol. The molecule has 2 aromatic rings. The molecule has 1 fully saturated rings. The maximum atomic E-state index is 13.1. The number of benzene rings is 2. The van der Waals surface area contributed by atoms with E-state index in [2.05, 4.69) is 21.2 Å². The lowest BCUT2D eigenvalue weighted by Gasteiger charge is -2.22. The monoisotopic (exact) mass is 432 g/mol. The van der Waals surface area contributed by atoms with Gasteiger partial charge in [-0.25, -0.2) is 4.79 Å². The fraction of sp³-hybridized carbons (Fsp3) is 0.263. The molecular formula is C19H17BrN2O5. The van der Waals surface area contributed by atoms with Gasteiger partial charge in [0, 0.05) is 0 Å². The van der Waals surface area contributed by atoms with Crippen LogP contribution < -0.4 is 19.5 Å². The van der Waals surface area contributed by atoms with Crippen molar-refractivity contribution in [2.75, 3.05) is 13.9 Å². The molecule has 0 saturated carbocycles. The highest BCUT2D eigenvalue weighted by atomic mass is 79.9. The number of carbonyl (C=O) groups excluding carboxylic acids is 2. The summed E-state index contributed by atoms with van der Waals surface area (Å²) in [7, 11) is 1.58. The predicted octanol–water partition coefficient (Wildman–Crippen LogP) is 3.15. The van der Waals surface area contributed by atoms with Crippen molar-refractivity contribution >= 4 is 27.9 Å². The molecule has 2 aromatic carbocycles. The van der Waals surface area contributed by atoms with Crippen LogP contribution in [0.2, 0.25) is 0 Å². The zero-order chi connectivity index (χ0) is 19.2. The van der Waals surface area contributed by atoms with Crippen LogP contribution in [0.4, 0.5) is 4.79 Å². The van der Waals surface area contributed by atoms with E-state index in [4.69, 9.17) is 14.2 Å². The molecule has 1 saturated heterocycles. The van der Waals surface area contributed by atoms with Crippen molar-refractivity contribution in [3.63, 3.8) is 0 Å². The lowest BCUT2D eigenvalue weighted by atomic mass is 9.91. The minimum atomic E-state index is -1.16. The van der Waals surface area contributed by atoms with Gasteiger partial charge in [-0.2, -0.15) is 0 Å². The molecule has 8 heteroatoms. The molecule has 1 atom stereocenters. The molecule has 4 rings (SSSR count). The third-order valence-electron chi connectivity index (χ3n) is 4.78. The van der Waals surface area contributed by atoms with Crippen LogP contribution in [0.3, 0.4) is 0 Å². The summed E-state index contributed by atoms with van der Waals surface area (Å²) in [5.74, 6) is 1.55. The maximum Gasteiger partial charge on any atom is 0.325 e. The molecule has 1 unspecified atom stereocenters. The van der Waals surface area contributed by atoms with Crippen LogP contribution in [0, 0.1) is 0 Å². The largest absolute Gasteiger partial charge is 0.496 e. The van der Waals surface area contributed by atoms with E-state index >= 15 is 0 Å². The van der Waals surface area contributed by atoms with Crippen LogP contribution in [0.25, 0.3) is 0 Å². The quantitative estimate of drug-likeness (QED) is 0.750. The Hall–Kier alpha value is -2.74. The lowest BCUT2D eigenvalue weighted by Crippen LogP contribution is -2.40. The van der Waals surface area contributed by atoms with Gasteiger partial charge < -0.3 is 19.5 Å². The van der Waals surface area contributed by atoms with E-state index in [0.717, 1.165) is 10.0 Å². The standard InChI is InChI=1S/C19H17BrN2O5/c1-19(12-4-6-15-16(8-12)27-10-26-15)17(23)22(18(24)21-19)9-11-3-5-14(25-2)13(20)7-11/h3-8H,9-10H2,1-2H3,(H,21,24). The molecule has 0 aliphatic carbocycles. The SMILES string of the molecule is COc1ccc(CN2C(=O)NC(C)(c3ccc4c(c3)OCO4)C2=O)cc1Br. The van der Waals surface area contributed by atoms with Crippen molar-refractivity contribution < 1.29 is 23.8 Å². The van der Waals surface area contributed by atoms with Gasteiger partial charge in [-0.3, -0.25) is 9.69 Å². The zero-order valence-electron chi connectivity index (χ0n) is 14.7. The summed E-state index contributed by atoms with van der Waals surface area (Å²) >= 11 is 3.42. The normalized spacial score (nSPS) is 20.8. The minimum Gasteiger partial charge on any atom is -0.496 e. The van der Waals surface area contributed by atoms with Crippen molar-refractivity contribution in [1.82, 2.24) is 10.2 Å². The van der Waals surface area contributed by atoms with Gasteiger partial charge in [0.1, 0.15) is 11.3 Å². The Kier molecular flexibility index (Phi) is 4.22. The second kappa shape index (κ2) is 6.45. The first kappa shape index (κ1) is 17.7. The number of nitrogens with zero attached hydrogens (tertiary/aromatic N) is 1. The Morgan fingerprint density at radius 1 is 1.19 bits per heavy atom. The highest BCUT2D eigenvalue weighted by Crippen LogP contribution is 2.38. The molecule has 2 aliphatic heterocycles. The summed E-state index contributed by atoms with van der Waals surface area (Å²) in [6.45, 7) is 2.00. The van der Waals surface area contributed by atoms with Crippen LogP contribution in [0.1, 0.15) is 18.1 Å². The van der Waals surface area contributed by atoms with Gasteiger partial charge in [-0.05, 0) is 58.2 Å². The number of nitrogens with one attached hydrogen (secondary N) is 1. The highest BCUT2D eigenvalue weighted by Gasteiger charge is 2.49. The average Bonchev–Trinajstić information content (AvgIpc) is 3.20. The number of rotatable bonds is 4. The van der Waals surface area contributed by atoms with Crippen molar-refractivity contribution in [1.29, 1.82) is 0 Å². The molecule has 2 aliphatic rings. The van der Waals surface area contributed by atoms with Gasteiger partial charge in [0.2, 0.25) is 6.79 Å². The van der Waals surface area contributed by atoms with E-state index in [-0.39, 0.29) is 19.2 Å². The number of amides is 3. The summed E-state index contributed by atoms with van der Waals surface area (Å²) in [6, 6.07) is 10.2. The number of urea groups is 1. The number of hydrogen-bond donors (Lipinski definition) is 1. The summed E-state index contributed by atoms with van der Waals surface area (Å²) in [4.78, 5) is 26.8. The zero-order valence-corrected chi connectivity index (χ0v) is 16.3. The van der Waals surface area contributed by atoms with Crippen molar-refractivity contribution in [3.8, 4) is 17.2 Å². The number of hydrogen-bond acceptors (Lipinski definition) is 5. The number of carbonyl (C=O) groups is 2. The molecule has 2 heterocycles. The second-order valence-corrected chi connectivity index (χ2v) is 7.34. The Morgan fingerprint density at radius 3 is 2.70 bits per heavy atom. The van der Waals surface area contributed by atoms with E-state index in [1.807, 2.05) is 12.1 Å². The predicted molar refractivity (Wildman–Crippen MR) is 99.7 cm³/mol. The molecule has 3 amide bonds. The summed E-state index contributed by atoms with van der Waals surface area (Å²) in [5, 5.41) is 2.80. The second-order valence-electron chi connectivity index (χ2n) is 6.48. The van der Waals surface area contributed by atoms with Gasteiger partial charge in [0.25, 0.3) is 5.91 Å². The van der Waals surface area contributed by atoms with E-state index in [1.165, 1.54) is 4.90 Å². The van der Waals surface area contributed by atoms with Crippen LogP contribution in [-0.4, -0.2) is 30.7 Å². The van der Waals surface area contributed by atoms with Crippen LogP contribution in [0.5, 0.6) is 17.2 Å². The van der Waals surface area contributed by atoms with Crippen LogP contribution in [0.15, 0.2) is 40.9 Å². The fourth-order valence-corrected chi connectivity index (χ4v) is 3.82. The van der Waals surface area contributed by atoms with E-state index in [9.17, 15) is 9.59 Å². The number of fused-ring (bicyclic) bond motifs is 1. The molecule has 0 radical (unpaired) electrons. The first-order chi connectivity index (χ1) is 12.9. The van der Waals surface area contributed by atoms with Crippen molar-refractivity contribution in [2.45, 2.75) is 19.0 Å². The topological polar surface area (TPSA) is 77.1 Å². The van der Waals surface area contributed by atoms with Gasteiger partial charge in [0.15, 0.2) is 11.5 Å². The summed E-state index contributed by atoms with van der Waals surface area (Å²) < 4.78 is 16.7. The molecule has 0 bridgehead atoms. The van der Waals surface area contributed by atoms with Crippen molar-refractivity contribution in [2.24, 2.45) is 0 Å². The molecule has 27 heavy (non-hydrogen) atoms. The maximum absolute atomic E-state index is 13.1. The summed E-state index contributed by atoms with van der Waals surface area (Å²) in [6.07, 6.45) is 0. The average molecular weight is 433 g/mol.